The monoisotopic (exact) mass is 502 g/mol. The lowest BCUT2D eigenvalue weighted by molar-refractivity contribution is -0.129. The number of para-hydroxylation sites is 1. The fourth-order valence-electron chi connectivity index (χ4n) is 4.75. The number of piperazine rings is 1. The number of nitrogens with one attached hydrogen (secondary N) is 1. The maximum atomic E-state index is 11.8. The summed E-state index contributed by atoms with van der Waals surface area (Å²) in [7, 11) is 1.70. The average Bonchev–Trinajstić information content (AvgIpc) is 3.36. The maximum absolute atomic E-state index is 11.8. The number of anilines is 2. The van der Waals surface area contributed by atoms with Gasteiger partial charge in [-0.2, -0.15) is 10.1 Å². The number of hydrogen-bond donors (Lipinski definition) is 1. The van der Waals surface area contributed by atoms with Crippen molar-refractivity contribution in [2.24, 2.45) is 0 Å². The van der Waals surface area contributed by atoms with Crippen molar-refractivity contribution in [2.45, 2.75) is 39.3 Å². The number of carbonyl (C=O) groups is 1. The van der Waals surface area contributed by atoms with Crippen LogP contribution in [0.15, 0.2) is 42.7 Å². The van der Waals surface area contributed by atoms with Crippen LogP contribution >= 0.6 is 0 Å². The van der Waals surface area contributed by atoms with E-state index in [4.69, 9.17) is 14.7 Å². The van der Waals surface area contributed by atoms with Gasteiger partial charge >= 0.3 is 0 Å². The van der Waals surface area contributed by atoms with E-state index < -0.39 is 0 Å². The van der Waals surface area contributed by atoms with Crippen LogP contribution in [0, 0.1) is 0 Å². The van der Waals surface area contributed by atoms with Crippen LogP contribution in [0.2, 0.25) is 0 Å². The molecule has 4 heterocycles. The second kappa shape index (κ2) is 10.7. The van der Waals surface area contributed by atoms with Crippen molar-refractivity contribution in [3.8, 4) is 0 Å². The van der Waals surface area contributed by atoms with Gasteiger partial charge in [-0.05, 0) is 31.0 Å². The molecule has 10 heteroatoms. The van der Waals surface area contributed by atoms with Gasteiger partial charge in [-0.25, -0.2) is 4.98 Å². The molecule has 37 heavy (non-hydrogen) atoms. The van der Waals surface area contributed by atoms with E-state index in [1.165, 1.54) is 0 Å². The molecule has 0 aliphatic carbocycles. The van der Waals surface area contributed by atoms with Crippen LogP contribution in [0.1, 0.15) is 44.8 Å². The molecule has 1 aromatic carbocycles. The molecule has 1 saturated heterocycles. The smallest absolute Gasteiger partial charge is 0.228 e. The van der Waals surface area contributed by atoms with Gasteiger partial charge in [0, 0.05) is 57.8 Å². The lowest BCUT2D eigenvalue weighted by Crippen LogP contribution is -2.48. The van der Waals surface area contributed by atoms with Crippen molar-refractivity contribution in [2.75, 3.05) is 50.1 Å². The summed E-state index contributed by atoms with van der Waals surface area (Å²) < 4.78 is 7.61. The quantitative estimate of drug-likeness (QED) is 0.388. The predicted molar refractivity (Wildman–Crippen MR) is 145 cm³/mol. The van der Waals surface area contributed by atoms with Crippen LogP contribution in [0.25, 0.3) is 21.9 Å². The van der Waals surface area contributed by atoms with Crippen LogP contribution in [0.4, 0.5) is 11.8 Å². The molecule has 2 atom stereocenters. The van der Waals surface area contributed by atoms with Crippen molar-refractivity contribution in [3.05, 3.63) is 48.3 Å². The Labute approximate surface area is 216 Å². The van der Waals surface area contributed by atoms with Crippen LogP contribution in [-0.4, -0.2) is 75.4 Å². The molecule has 5 rings (SSSR count). The Morgan fingerprint density at radius 1 is 1.11 bits per heavy atom. The highest BCUT2D eigenvalue weighted by Crippen LogP contribution is 2.30. The van der Waals surface area contributed by atoms with E-state index in [1.54, 1.807) is 14.0 Å². The van der Waals surface area contributed by atoms with Gasteiger partial charge in [-0.3, -0.25) is 14.5 Å². The van der Waals surface area contributed by atoms with Gasteiger partial charge < -0.3 is 19.9 Å². The number of benzene rings is 1. The Morgan fingerprint density at radius 2 is 1.89 bits per heavy atom. The van der Waals surface area contributed by atoms with E-state index in [1.807, 2.05) is 40.2 Å². The topological polar surface area (TPSA) is 101 Å². The molecule has 4 aromatic rings. The lowest BCUT2D eigenvalue weighted by atomic mass is 10.1. The van der Waals surface area contributed by atoms with Gasteiger partial charge in [0.15, 0.2) is 5.82 Å². The van der Waals surface area contributed by atoms with Crippen LogP contribution in [0.5, 0.6) is 0 Å². The fourth-order valence-corrected chi connectivity index (χ4v) is 4.75. The normalized spacial score (nSPS) is 15.8. The van der Waals surface area contributed by atoms with Crippen molar-refractivity contribution in [1.82, 2.24) is 29.6 Å². The number of ether oxygens (including phenoxy) is 1. The molecule has 194 valence electrons. The second-order valence-electron chi connectivity index (χ2n) is 9.56. The van der Waals surface area contributed by atoms with Gasteiger partial charge in [-0.1, -0.05) is 25.1 Å². The molecule has 1 N–H and O–H groups in total. The van der Waals surface area contributed by atoms with E-state index >= 15 is 0 Å². The molecule has 1 fully saturated rings. The molecule has 3 aromatic heterocycles. The Kier molecular flexibility index (Phi) is 7.18. The fraction of sp³-hybridized carbons (Fsp3) is 0.444. The Morgan fingerprint density at radius 3 is 2.62 bits per heavy atom. The summed E-state index contributed by atoms with van der Waals surface area (Å²) in [5.41, 5.74) is 3.62. The first-order valence-electron chi connectivity index (χ1n) is 12.8. The predicted octanol–water partition coefficient (Wildman–Crippen LogP) is 3.81. The standard InChI is InChI=1S/C27H34N8O2/c1-5-18(2)35-25-23(16-29-35)31-27(34-12-10-33(11-13-34)19(3)36)32-26(25)30-24(17-37-4)21-14-20-8-6-7-9-22(20)28-15-21/h6-9,14-16,18,24H,5,10-13,17H2,1-4H3,(H,30,31,32)/t18-,24?/m0/s1. The van der Waals surface area contributed by atoms with Crippen molar-refractivity contribution in [1.29, 1.82) is 0 Å². The second-order valence-corrected chi connectivity index (χ2v) is 9.56. The number of hydrogen-bond acceptors (Lipinski definition) is 8. The third-order valence-corrected chi connectivity index (χ3v) is 7.11. The molecule has 1 aliphatic heterocycles. The minimum absolute atomic E-state index is 0.0969. The summed E-state index contributed by atoms with van der Waals surface area (Å²) in [5.74, 6) is 1.44. The number of amides is 1. The van der Waals surface area contributed by atoms with E-state index in [0.717, 1.165) is 33.9 Å². The largest absolute Gasteiger partial charge is 0.382 e. The van der Waals surface area contributed by atoms with Crippen molar-refractivity contribution >= 4 is 39.6 Å². The Bertz CT molecular complexity index is 1400. The zero-order valence-corrected chi connectivity index (χ0v) is 21.9. The highest BCUT2D eigenvalue weighted by Gasteiger charge is 2.25. The van der Waals surface area contributed by atoms with E-state index in [9.17, 15) is 4.79 Å². The summed E-state index contributed by atoms with van der Waals surface area (Å²) in [4.78, 5) is 30.4. The summed E-state index contributed by atoms with van der Waals surface area (Å²) in [6.07, 6.45) is 4.64. The van der Waals surface area contributed by atoms with Crippen molar-refractivity contribution < 1.29 is 9.53 Å². The molecule has 1 unspecified atom stereocenters. The number of aromatic nitrogens is 5. The first kappa shape index (κ1) is 24.9. The number of rotatable bonds is 8. The third-order valence-electron chi connectivity index (χ3n) is 7.11. The van der Waals surface area contributed by atoms with Crippen LogP contribution in [0.3, 0.4) is 0 Å². The van der Waals surface area contributed by atoms with Crippen LogP contribution in [-0.2, 0) is 9.53 Å². The molecular formula is C27H34N8O2. The van der Waals surface area contributed by atoms with Gasteiger partial charge in [-0.15, -0.1) is 0 Å². The van der Waals surface area contributed by atoms with E-state index in [2.05, 4.69) is 46.3 Å². The number of nitrogens with zero attached hydrogens (tertiary/aromatic N) is 7. The third kappa shape index (κ3) is 5.06. The minimum atomic E-state index is -0.178. The molecular weight excluding hydrogens is 468 g/mol. The Balaban J connectivity index is 1.54. The lowest BCUT2D eigenvalue weighted by Gasteiger charge is -2.34. The molecule has 0 spiro atoms. The number of fused-ring (bicyclic) bond motifs is 2. The van der Waals surface area contributed by atoms with Gasteiger partial charge in [0.2, 0.25) is 11.9 Å². The SMILES string of the molecule is CC[C@H](C)n1ncc2nc(N3CCN(C(C)=O)CC3)nc(NC(COC)c3cnc4ccccc4c3)c21. The highest BCUT2D eigenvalue weighted by atomic mass is 16.5. The van der Waals surface area contributed by atoms with Crippen LogP contribution < -0.4 is 10.2 Å². The molecule has 1 aliphatic rings. The number of pyridine rings is 1. The average molecular weight is 503 g/mol. The number of methoxy groups -OCH3 is 1. The summed E-state index contributed by atoms with van der Waals surface area (Å²) >= 11 is 0. The summed E-state index contributed by atoms with van der Waals surface area (Å²) in [6, 6.07) is 10.2. The zero-order chi connectivity index (χ0) is 25.9. The first-order chi connectivity index (χ1) is 18.0. The summed E-state index contributed by atoms with van der Waals surface area (Å²) in [5, 5.41) is 9.40. The number of carbonyl (C=O) groups excluding carboxylic acids is 1. The summed E-state index contributed by atoms with van der Waals surface area (Å²) in [6.45, 7) is 9.01. The Hall–Kier alpha value is -3.79. The molecule has 0 radical (unpaired) electrons. The molecule has 1 amide bonds. The van der Waals surface area contributed by atoms with E-state index in [-0.39, 0.29) is 18.0 Å². The zero-order valence-electron chi connectivity index (χ0n) is 21.9. The minimum Gasteiger partial charge on any atom is -0.382 e. The van der Waals surface area contributed by atoms with Gasteiger partial charge in [0.05, 0.1) is 24.4 Å². The van der Waals surface area contributed by atoms with Gasteiger partial charge in [0.25, 0.3) is 0 Å². The molecule has 10 nitrogen and oxygen atoms in total. The first-order valence-corrected chi connectivity index (χ1v) is 12.8. The maximum Gasteiger partial charge on any atom is 0.228 e. The van der Waals surface area contributed by atoms with E-state index in [0.29, 0.717) is 44.6 Å². The van der Waals surface area contributed by atoms with Gasteiger partial charge in [0.1, 0.15) is 11.0 Å². The van der Waals surface area contributed by atoms with Crippen molar-refractivity contribution in [3.63, 3.8) is 0 Å². The highest BCUT2D eigenvalue weighted by molar-refractivity contribution is 5.87. The molecule has 0 bridgehead atoms. The molecule has 0 saturated carbocycles.